The highest BCUT2D eigenvalue weighted by Crippen LogP contribution is 2.30. The van der Waals surface area contributed by atoms with E-state index in [9.17, 15) is 4.79 Å². The second-order valence-electron chi connectivity index (χ2n) is 7.36. The van der Waals surface area contributed by atoms with E-state index in [1.807, 2.05) is 85.6 Å². The number of carbonyl (C=O) groups is 1. The van der Waals surface area contributed by atoms with Crippen LogP contribution in [0.4, 0.5) is 11.4 Å². The molecule has 0 aliphatic carbocycles. The Morgan fingerprint density at radius 2 is 1.72 bits per heavy atom. The van der Waals surface area contributed by atoms with Gasteiger partial charge in [-0.3, -0.25) is 9.78 Å². The van der Waals surface area contributed by atoms with Crippen molar-refractivity contribution in [1.29, 1.82) is 0 Å². The molecule has 0 bridgehead atoms. The topological polar surface area (TPSA) is 67.4 Å². The first-order valence-electron chi connectivity index (χ1n) is 10.7. The smallest absolute Gasteiger partial charge is 0.253 e. The van der Waals surface area contributed by atoms with Gasteiger partial charge in [0.15, 0.2) is 0 Å². The zero-order chi connectivity index (χ0) is 22.5. The van der Waals surface area contributed by atoms with Gasteiger partial charge in [-0.2, -0.15) is 0 Å². The molecular formula is C26H26N4O2. The van der Waals surface area contributed by atoms with Gasteiger partial charge in [0.1, 0.15) is 5.75 Å². The zero-order valence-corrected chi connectivity index (χ0v) is 18.5. The number of nitrogens with zero attached hydrogens (tertiary/aromatic N) is 3. The largest absolute Gasteiger partial charge is 0.497 e. The summed E-state index contributed by atoms with van der Waals surface area (Å²) in [7, 11) is 1.65. The van der Waals surface area contributed by atoms with E-state index in [4.69, 9.17) is 9.72 Å². The predicted octanol–water partition coefficient (Wildman–Crippen LogP) is 5.53. The van der Waals surface area contributed by atoms with Crippen molar-refractivity contribution in [3.63, 3.8) is 0 Å². The molecule has 6 heteroatoms. The number of methoxy groups -OCH3 is 1. The van der Waals surface area contributed by atoms with E-state index < -0.39 is 0 Å². The summed E-state index contributed by atoms with van der Waals surface area (Å²) >= 11 is 0. The fourth-order valence-corrected chi connectivity index (χ4v) is 3.63. The number of fused-ring (bicyclic) bond motifs is 1. The van der Waals surface area contributed by atoms with Gasteiger partial charge in [0, 0.05) is 47.7 Å². The van der Waals surface area contributed by atoms with Gasteiger partial charge in [-0.15, -0.1) is 0 Å². The number of hydrogen-bond acceptors (Lipinski definition) is 5. The summed E-state index contributed by atoms with van der Waals surface area (Å²) < 4.78 is 5.25. The number of ether oxygens (including phenoxy) is 1. The Kier molecular flexibility index (Phi) is 6.31. The Hall–Kier alpha value is -3.93. The second-order valence-corrected chi connectivity index (χ2v) is 7.36. The van der Waals surface area contributed by atoms with Gasteiger partial charge < -0.3 is 15.0 Å². The van der Waals surface area contributed by atoms with Crippen LogP contribution in [-0.4, -0.2) is 41.0 Å². The third kappa shape index (κ3) is 4.39. The summed E-state index contributed by atoms with van der Waals surface area (Å²) in [5, 5.41) is 4.40. The fraction of sp³-hybridized carbons (Fsp3) is 0.192. The maximum atomic E-state index is 12.6. The lowest BCUT2D eigenvalue weighted by atomic mass is 10.1. The van der Waals surface area contributed by atoms with Gasteiger partial charge in [-0.25, -0.2) is 4.98 Å². The van der Waals surface area contributed by atoms with Crippen molar-refractivity contribution in [2.24, 2.45) is 0 Å². The summed E-state index contributed by atoms with van der Waals surface area (Å²) in [4.78, 5) is 23.5. The highest BCUT2D eigenvalue weighted by atomic mass is 16.5. The SMILES string of the molecule is CCN(CC)C(=O)c1ccc(-c2cc(Nc3ccc(OC)cc3)c3cnccc3n2)cc1. The average molecular weight is 427 g/mol. The Balaban J connectivity index is 1.69. The van der Waals surface area contributed by atoms with Crippen LogP contribution in [0.5, 0.6) is 5.75 Å². The summed E-state index contributed by atoms with van der Waals surface area (Å²) in [6.45, 7) is 5.36. The molecule has 4 rings (SSSR count). The number of anilines is 2. The molecule has 0 spiro atoms. The van der Waals surface area contributed by atoms with Crippen molar-refractivity contribution in [1.82, 2.24) is 14.9 Å². The summed E-state index contributed by atoms with van der Waals surface area (Å²) in [6.07, 6.45) is 3.55. The molecule has 1 N–H and O–H groups in total. The number of aromatic nitrogens is 2. The van der Waals surface area contributed by atoms with E-state index in [-0.39, 0.29) is 5.91 Å². The van der Waals surface area contributed by atoms with Crippen LogP contribution in [0.3, 0.4) is 0 Å². The van der Waals surface area contributed by atoms with Crippen molar-refractivity contribution in [3.05, 3.63) is 78.6 Å². The molecule has 4 aromatic rings. The van der Waals surface area contributed by atoms with Crippen LogP contribution < -0.4 is 10.1 Å². The van der Waals surface area contributed by atoms with Crippen LogP contribution in [-0.2, 0) is 0 Å². The van der Waals surface area contributed by atoms with E-state index in [0.29, 0.717) is 18.7 Å². The molecular weight excluding hydrogens is 400 g/mol. The Bertz CT molecular complexity index is 1220. The van der Waals surface area contributed by atoms with E-state index >= 15 is 0 Å². The van der Waals surface area contributed by atoms with Gasteiger partial charge >= 0.3 is 0 Å². The number of amides is 1. The summed E-state index contributed by atoms with van der Waals surface area (Å²) in [6, 6.07) is 19.3. The number of rotatable bonds is 7. The molecule has 32 heavy (non-hydrogen) atoms. The lowest BCUT2D eigenvalue weighted by Gasteiger charge is -2.18. The van der Waals surface area contributed by atoms with Gasteiger partial charge in [-0.05, 0) is 62.4 Å². The first kappa shape index (κ1) is 21.3. The van der Waals surface area contributed by atoms with E-state index in [0.717, 1.165) is 39.3 Å². The molecule has 2 heterocycles. The highest BCUT2D eigenvalue weighted by molar-refractivity contribution is 5.96. The van der Waals surface area contributed by atoms with Crippen LogP contribution in [0.2, 0.25) is 0 Å². The normalized spacial score (nSPS) is 10.7. The third-order valence-corrected chi connectivity index (χ3v) is 5.46. The summed E-state index contributed by atoms with van der Waals surface area (Å²) in [5.41, 5.74) is 5.13. The molecule has 6 nitrogen and oxygen atoms in total. The minimum absolute atomic E-state index is 0.0426. The quantitative estimate of drug-likeness (QED) is 0.421. The molecule has 0 aliphatic rings. The van der Waals surface area contributed by atoms with E-state index in [1.54, 1.807) is 13.3 Å². The Morgan fingerprint density at radius 1 is 1.00 bits per heavy atom. The number of pyridine rings is 2. The van der Waals surface area contributed by atoms with Crippen LogP contribution in [0.25, 0.3) is 22.2 Å². The fourth-order valence-electron chi connectivity index (χ4n) is 3.63. The van der Waals surface area contributed by atoms with Gasteiger partial charge in [0.05, 0.1) is 24.0 Å². The van der Waals surface area contributed by atoms with Gasteiger partial charge in [-0.1, -0.05) is 12.1 Å². The maximum absolute atomic E-state index is 12.6. The lowest BCUT2D eigenvalue weighted by molar-refractivity contribution is 0.0773. The minimum atomic E-state index is 0.0426. The second kappa shape index (κ2) is 9.47. The number of hydrogen-bond donors (Lipinski definition) is 1. The molecule has 0 saturated heterocycles. The average Bonchev–Trinajstić information content (AvgIpc) is 2.85. The van der Waals surface area contributed by atoms with Crippen molar-refractivity contribution in [2.45, 2.75) is 13.8 Å². The Morgan fingerprint density at radius 3 is 2.38 bits per heavy atom. The monoisotopic (exact) mass is 426 g/mol. The molecule has 0 aliphatic heterocycles. The van der Waals surface area contributed by atoms with Gasteiger partial charge in [0.25, 0.3) is 5.91 Å². The third-order valence-electron chi connectivity index (χ3n) is 5.46. The lowest BCUT2D eigenvalue weighted by Crippen LogP contribution is -2.30. The van der Waals surface area contributed by atoms with Crippen LogP contribution >= 0.6 is 0 Å². The minimum Gasteiger partial charge on any atom is -0.497 e. The molecule has 162 valence electrons. The molecule has 0 saturated carbocycles. The molecule has 1 amide bonds. The van der Waals surface area contributed by atoms with Crippen molar-refractivity contribution >= 4 is 28.2 Å². The first-order valence-corrected chi connectivity index (χ1v) is 10.7. The molecule has 0 atom stereocenters. The number of nitrogens with one attached hydrogen (secondary N) is 1. The van der Waals surface area contributed by atoms with Crippen molar-refractivity contribution < 1.29 is 9.53 Å². The zero-order valence-electron chi connectivity index (χ0n) is 18.5. The van der Waals surface area contributed by atoms with Crippen LogP contribution in [0.1, 0.15) is 24.2 Å². The maximum Gasteiger partial charge on any atom is 0.253 e. The highest BCUT2D eigenvalue weighted by Gasteiger charge is 2.13. The number of carbonyl (C=O) groups excluding carboxylic acids is 1. The first-order chi connectivity index (χ1) is 15.6. The van der Waals surface area contributed by atoms with E-state index in [2.05, 4.69) is 10.3 Å². The van der Waals surface area contributed by atoms with Crippen LogP contribution in [0.15, 0.2) is 73.1 Å². The molecule has 0 radical (unpaired) electrons. The van der Waals surface area contributed by atoms with Crippen molar-refractivity contribution in [3.8, 4) is 17.0 Å². The summed E-state index contributed by atoms with van der Waals surface area (Å²) in [5.74, 6) is 0.845. The standard InChI is InChI=1S/C26H26N4O2/c1-4-30(5-2)26(31)19-8-6-18(7-9-19)24-16-25(22-17-27-15-14-23(22)29-24)28-20-10-12-21(32-3)13-11-20/h6-17H,4-5H2,1-3H3,(H,28,29). The van der Waals surface area contributed by atoms with E-state index in [1.165, 1.54) is 0 Å². The van der Waals surface area contributed by atoms with Crippen LogP contribution in [0, 0.1) is 0 Å². The molecule has 0 unspecified atom stereocenters. The number of benzene rings is 2. The Labute approximate surface area is 187 Å². The molecule has 2 aromatic heterocycles. The predicted molar refractivity (Wildman–Crippen MR) is 129 cm³/mol. The molecule has 0 fully saturated rings. The van der Waals surface area contributed by atoms with Gasteiger partial charge in [0.2, 0.25) is 0 Å². The van der Waals surface area contributed by atoms with Crippen molar-refractivity contribution in [2.75, 3.05) is 25.5 Å². The molecule has 2 aromatic carbocycles.